The molecule has 1 unspecified atom stereocenters. The average Bonchev–Trinajstić information content (AvgIpc) is 2.80. The molecule has 2 amide bonds. The monoisotopic (exact) mass is 272 g/mol. The molecule has 1 atom stereocenters. The first-order chi connectivity index (χ1) is 8.69. The Kier molecular flexibility index (Phi) is 7.20. The highest BCUT2D eigenvalue weighted by molar-refractivity contribution is 7.78. The summed E-state index contributed by atoms with van der Waals surface area (Å²) < 4.78 is 1.42. The Balaban J connectivity index is 2.36. The van der Waals surface area contributed by atoms with E-state index in [1.165, 1.54) is 22.7 Å². The molecule has 104 valence electrons. The maximum atomic E-state index is 11.6. The van der Waals surface area contributed by atoms with Gasteiger partial charge in [-0.15, -0.1) is 0 Å². The molecule has 1 rings (SSSR count). The smallest absolute Gasteiger partial charge is 0.327 e. The van der Waals surface area contributed by atoms with Gasteiger partial charge in [0.05, 0.1) is 6.61 Å². The van der Waals surface area contributed by atoms with Crippen LogP contribution in [0.3, 0.4) is 0 Å². The number of amides is 2. The minimum absolute atomic E-state index is 0.0432. The van der Waals surface area contributed by atoms with Crippen molar-refractivity contribution in [2.75, 3.05) is 19.7 Å². The zero-order valence-corrected chi connectivity index (χ0v) is 12.0. The molecule has 0 aromatic heterocycles. The Morgan fingerprint density at radius 1 is 1.67 bits per heavy atom. The predicted molar refractivity (Wildman–Crippen MR) is 76.5 cm³/mol. The summed E-state index contributed by atoms with van der Waals surface area (Å²) >= 11 is 4.22. The molecular weight excluding hydrogens is 248 g/mol. The van der Waals surface area contributed by atoms with Crippen molar-refractivity contribution in [1.82, 2.24) is 9.62 Å². The number of nitrogens with zero attached hydrogens (tertiary/aromatic N) is 1. The van der Waals surface area contributed by atoms with Gasteiger partial charge in [-0.2, -0.15) is 0 Å². The number of thiol groups is 1. The van der Waals surface area contributed by atoms with Crippen molar-refractivity contribution in [3.63, 3.8) is 0 Å². The van der Waals surface area contributed by atoms with Gasteiger partial charge in [-0.25, -0.2) is 4.79 Å². The molecule has 5 heteroatoms. The quantitative estimate of drug-likeness (QED) is 0.492. The summed E-state index contributed by atoms with van der Waals surface area (Å²) in [7, 11) is 0. The fourth-order valence-corrected chi connectivity index (χ4v) is 2.53. The number of urea groups is 1. The van der Waals surface area contributed by atoms with Gasteiger partial charge in [0.15, 0.2) is 0 Å². The lowest BCUT2D eigenvalue weighted by atomic mass is 9.97. The van der Waals surface area contributed by atoms with Crippen molar-refractivity contribution in [2.45, 2.75) is 39.0 Å². The highest BCUT2D eigenvalue weighted by atomic mass is 32.1. The number of allylic oxidation sites excluding steroid dienone is 1. The fourth-order valence-electron chi connectivity index (χ4n) is 2.26. The molecule has 0 heterocycles. The fraction of sp³-hybridized carbons (Fsp3) is 0.769. The minimum Gasteiger partial charge on any atom is -0.395 e. The van der Waals surface area contributed by atoms with Gasteiger partial charge in [0.2, 0.25) is 0 Å². The summed E-state index contributed by atoms with van der Waals surface area (Å²) in [5.74, 6) is 0.453. The largest absolute Gasteiger partial charge is 0.395 e. The molecule has 0 saturated heterocycles. The maximum Gasteiger partial charge on any atom is 0.327 e. The number of carbonyl (C=O) groups is 1. The molecule has 18 heavy (non-hydrogen) atoms. The summed E-state index contributed by atoms with van der Waals surface area (Å²) in [5, 5.41) is 11.3. The molecule has 1 aliphatic rings. The Bertz CT molecular complexity index is 295. The predicted octanol–water partition coefficient (Wildman–Crippen LogP) is 2.36. The van der Waals surface area contributed by atoms with E-state index >= 15 is 0 Å². The van der Waals surface area contributed by atoms with Gasteiger partial charge in [0.1, 0.15) is 0 Å². The Hall–Kier alpha value is -0.680. The topological polar surface area (TPSA) is 52.6 Å². The van der Waals surface area contributed by atoms with Gasteiger partial charge in [-0.3, -0.25) is 4.31 Å². The van der Waals surface area contributed by atoms with Gasteiger partial charge < -0.3 is 10.4 Å². The van der Waals surface area contributed by atoms with E-state index in [-0.39, 0.29) is 19.2 Å². The van der Waals surface area contributed by atoms with Crippen molar-refractivity contribution in [3.05, 3.63) is 11.6 Å². The van der Waals surface area contributed by atoms with Crippen LogP contribution in [-0.2, 0) is 0 Å². The highest BCUT2D eigenvalue weighted by Gasteiger charge is 2.22. The van der Waals surface area contributed by atoms with E-state index in [0.717, 1.165) is 19.3 Å². The van der Waals surface area contributed by atoms with Crippen LogP contribution in [-0.4, -0.2) is 35.1 Å². The minimum atomic E-state index is -0.228. The van der Waals surface area contributed by atoms with Gasteiger partial charge in [-0.05, 0) is 31.6 Å². The molecule has 0 fully saturated rings. The van der Waals surface area contributed by atoms with Crippen LogP contribution in [0.1, 0.15) is 39.0 Å². The van der Waals surface area contributed by atoms with Crippen LogP contribution in [0.4, 0.5) is 4.79 Å². The van der Waals surface area contributed by atoms with Crippen LogP contribution in [0.15, 0.2) is 11.6 Å². The summed E-state index contributed by atoms with van der Waals surface area (Å²) in [6.07, 6.45) is 8.10. The van der Waals surface area contributed by atoms with Crippen molar-refractivity contribution in [1.29, 1.82) is 0 Å². The first-order valence-corrected chi connectivity index (χ1v) is 7.13. The third-order valence-electron chi connectivity index (χ3n) is 3.28. The molecule has 0 saturated carbocycles. The van der Waals surface area contributed by atoms with E-state index in [0.29, 0.717) is 12.5 Å². The zero-order valence-electron chi connectivity index (χ0n) is 11.1. The maximum absolute atomic E-state index is 11.6. The summed E-state index contributed by atoms with van der Waals surface area (Å²) in [4.78, 5) is 11.6. The third-order valence-corrected chi connectivity index (χ3v) is 3.63. The molecular formula is C13H24N2O2S. The second-order valence-electron chi connectivity index (χ2n) is 4.69. The standard InChI is InChI=1S/C13H24N2O2S/c1-2-3-5-11-6-4-7-12(11)10-15(18)13(17)14-8-9-16/h6,12,16,18H,2-5,7-10H2,1H3,(H,14,17). The Morgan fingerprint density at radius 3 is 3.11 bits per heavy atom. The number of aliphatic hydroxyl groups is 1. The Labute approximate surface area is 115 Å². The van der Waals surface area contributed by atoms with Crippen LogP contribution in [0, 0.1) is 5.92 Å². The summed E-state index contributed by atoms with van der Waals surface area (Å²) in [6.45, 7) is 3.07. The van der Waals surface area contributed by atoms with Gasteiger partial charge in [0, 0.05) is 13.1 Å². The molecule has 0 radical (unpaired) electrons. The number of nitrogens with one attached hydrogen (secondary N) is 1. The van der Waals surface area contributed by atoms with Crippen LogP contribution in [0.2, 0.25) is 0 Å². The number of rotatable bonds is 7. The lowest BCUT2D eigenvalue weighted by Crippen LogP contribution is -2.38. The summed E-state index contributed by atoms with van der Waals surface area (Å²) in [5.41, 5.74) is 1.48. The van der Waals surface area contributed by atoms with E-state index < -0.39 is 0 Å². The van der Waals surface area contributed by atoms with E-state index in [4.69, 9.17) is 5.11 Å². The van der Waals surface area contributed by atoms with Crippen LogP contribution in [0.25, 0.3) is 0 Å². The normalized spacial score (nSPS) is 18.6. The van der Waals surface area contributed by atoms with Gasteiger partial charge in [0.25, 0.3) is 0 Å². The molecule has 0 aromatic rings. The third kappa shape index (κ3) is 4.90. The highest BCUT2D eigenvalue weighted by Crippen LogP contribution is 2.30. The lowest BCUT2D eigenvalue weighted by molar-refractivity contribution is 0.217. The first-order valence-electron chi connectivity index (χ1n) is 6.73. The molecule has 0 spiro atoms. The van der Waals surface area contributed by atoms with Crippen molar-refractivity contribution >= 4 is 18.8 Å². The van der Waals surface area contributed by atoms with Gasteiger partial charge in [-0.1, -0.05) is 37.8 Å². The van der Waals surface area contributed by atoms with E-state index in [2.05, 4.69) is 31.1 Å². The first kappa shape index (κ1) is 15.4. The second-order valence-corrected chi connectivity index (χ2v) is 5.18. The number of aliphatic hydroxyl groups excluding tert-OH is 1. The molecule has 0 bridgehead atoms. The van der Waals surface area contributed by atoms with Gasteiger partial charge >= 0.3 is 6.03 Å². The number of hydrogen-bond acceptors (Lipinski definition) is 3. The number of hydrogen-bond donors (Lipinski definition) is 3. The van der Waals surface area contributed by atoms with Crippen LogP contribution < -0.4 is 5.32 Å². The van der Waals surface area contributed by atoms with Crippen LogP contribution in [0.5, 0.6) is 0 Å². The molecule has 0 aromatic carbocycles. The molecule has 2 N–H and O–H groups in total. The van der Waals surface area contributed by atoms with Crippen LogP contribution >= 0.6 is 12.8 Å². The second kappa shape index (κ2) is 8.43. The van der Waals surface area contributed by atoms with E-state index in [9.17, 15) is 4.79 Å². The zero-order chi connectivity index (χ0) is 13.4. The molecule has 1 aliphatic carbocycles. The molecule has 0 aliphatic heterocycles. The van der Waals surface area contributed by atoms with E-state index in [1.54, 1.807) is 0 Å². The lowest BCUT2D eigenvalue weighted by Gasteiger charge is -2.22. The number of carbonyl (C=O) groups excluding carboxylic acids is 1. The van der Waals surface area contributed by atoms with Crippen molar-refractivity contribution < 1.29 is 9.90 Å². The van der Waals surface area contributed by atoms with Crippen molar-refractivity contribution in [2.24, 2.45) is 5.92 Å². The van der Waals surface area contributed by atoms with E-state index in [1.807, 2.05) is 0 Å². The SMILES string of the molecule is CCCCC1=CCCC1CN(S)C(=O)NCCO. The van der Waals surface area contributed by atoms with Crippen molar-refractivity contribution in [3.8, 4) is 0 Å². The Morgan fingerprint density at radius 2 is 2.44 bits per heavy atom. The number of unbranched alkanes of at least 4 members (excludes halogenated alkanes) is 1. The molecule has 4 nitrogen and oxygen atoms in total. The average molecular weight is 272 g/mol. The summed E-state index contributed by atoms with van der Waals surface area (Å²) in [6, 6.07) is -0.228.